The van der Waals surface area contributed by atoms with Crippen molar-refractivity contribution in [2.24, 2.45) is 0 Å². The Morgan fingerprint density at radius 2 is 1.97 bits per heavy atom. The number of nitro groups is 1. The van der Waals surface area contributed by atoms with Crippen LogP contribution in [0.3, 0.4) is 0 Å². The van der Waals surface area contributed by atoms with Crippen LogP contribution in [-0.4, -0.2) is 46.5 Å². The first kappa shape index (κ1) is 21.6. The molecule has 1 saturated heterocycles. The fourth-order valence-corrected chi connectivity index (χ4v) is 3.42. The van der Waals surface area contributed by atoms with E-state index >= 15 is 0 Å². The third-order valence-electron chi connectivity index (χ3n) is 4.67. The summed E-state index contributed by atoms with van der Waals surface area (Å²) in [5, 5.41) is 13.5. The minimum Gasteiger partial charge on any atom is -0.352 e. The van der Waals surface area contributed by atoms with Crippen LogP contribution in [0.15, 0.2) is 36.5 Å². The second kappa shape index (κ2) is 8.34. The van der Waals surface area contributed by atoms with Crippen molar-refractivity contribution in [3.8, 4) is 0 Å². The number of nitrogens with zero attached hydrogens (tertiary/aromatic N) is 4. The molecular formula is C18H17ClF3N5O3. The molecule has 0 bridgehead atoms. The Hall–Kier alpha value is -3.08. The molecule has 0 radical (unpaired) electrons. The predicted molar refractivity (Wildman–Crippen MR) is 105 cm³/mol. The number of anilines is 2. The van der Waals surface area contributed by atoms with E-state index in [-0.39, 0.29) is 22.4 Å². The second-order valence-electron chi connectivity index (χ2n) is 6.75. The standard InChI is InChI=1S/C18H17ClF3N5O3/c1-11-10-25(16-15(19)8-14(9-23-16)27(29)30)6-7-26(11)17(28)24-13-4-2-12(3-5-13)18(20,21)22/h2-5,8-9,11H,6-7,10H2,1H3,(H,24,28)/t11-/m1/s1. The van der Waals surface area contributed by atoms with E-state index in [9.17, 15) is 28.1 Å². The first-order chi connectivity index (χ1) is 14.1. The number of alkyl halides is 3. The zero-order valence-corrected chi connectivity index (χ0v) is 16.4. The number of hydrogen-bond donors (Lipinski definition) is 1. The number of halogens is 4. The number of piperazine rings is 1. The molecule has 0 aliphatic carbocycles. The molecule has 1 atom stereocenters. The van der Waals surface area contributed by atoms with E-state index in [1.165, 1.54) is 18.2 Å². The highest BCUT2D eigenvalue weighted by Crippen LogP contribution is 2.31. The average Bonchev–Trinajstić information content (AvgIpc) is 2.67. The summed E-state index contributed by atoms with van der Waals surface area (Å²) in [5.41, 5.74) is -0.760. The molecule has 1 aromatic carbocycles. The number of urea groups is 1. The smallest absolute Gasteiger partial charge is 0.352 e. The van der Waals surface area contributed by atoms with Crippen LogP contribution in [0.4, 0.5) is 35.2 Å². The van der Waals surface area contributed by atoms with Gasteiger partial charge in [0, 0.05) is 37.4 Å². The van der Waals surface area contributed by atoms with E-state index in [1.807, 2.05) is 4.90 Å². The number of nitrogens with one attached hydrogen (secondary N) is 1. The van der Waals surface area contributed by atoms with Gasteiger partial charge in [0.05, 0.1) is 15.5 Å². The molecule has 1 N–H and O–H groups in total. The highest BCUT2D eigenvalue weighted by molar-refractivity contribution is 6.33. The van der Waals surface area contributed by atoms with Crippen molar-refractivity contribution in [3.63, 3.8) is 0 Å². The normalized spacial score (nSPS) is 17.0. The topological polar surface area (TPSA) is 91.6 Å². The van der Waals surface area contributed by atoms with Crippen molar-refractivity contribution < 1.29 is 22.9 Å². The van der Waals surface area contributed by atoms with E-state index in [4.69, 9.17) is 11.6 Å². The van der Waals surface area contributed by atoms with Crippen LogP contribution < -0.4 is 10.2 Å². The molecule has 2 amide bonds. The molecule has 0 spiro atoms. The number of amides is 2. The van der Waals surface area contributed by atoms with Crippen molar-refractivity contribution in [2.45, 2.75) is 19.1 Å². The summed E-state index contributed by atoms with van der Waals surface area (Å²) in [7, 11) is 0. The monoisotopic (exact) mass is 443 g/mol. The van der Waals surface area contributed by atoms with E-state index in [1.54, 1.807) is 11.8 Å². The van der Waals surface area contributed by atoms with Gasteiger partial charge in [-0.3, -0.25) is 10.1 Å². The molecule has 0 unspecified atom stereocenters. The summed E-state index contributed by atoms with van der Waals surface area (Å²) in [6.45, 7) is 2.88. The van der Waals surface area contributed by atoms with Gasteiger partial charge in [-0.25, -0.2) is 9.78 Å². The lowest BCUT2D eigenvalue weighted by atomic mass is 10.2. The quantitative estimate of drug-likeness (QED) is 0.560. The number of pyridine rings is 1. The Kier molecular flexibility index (Phi) is 6.01. The Labute approximate surface area is 174 Å². The van der Waals surface area contributed by atoms with Gasteiger partial charge in [-0.15, -0.1) is 0 Å². The summed E-state index contributed by atoms with van der Waals surface area (Å²) in [5.74, 6) is 0.386. The summed E-state index contributed by atoms with van der Waals surface area (Å²) in [4.78, 5) is 30.2. The van der Waals surface area contributed by atoms with Crippen LogP contribution in [0.25, 0.3) is 0 Å². The minimum atomic E-state index is -4.44. The number of benzene rings is 1. The largest absolute Gasteiger partial charge is 0.416 e. The van der Waals surface area contributed by atoms with E-state index < -0.39 is 22.7 Å². The Morgan fingerprint density at radius 1 is 1.30 bits per heavy atom. The van der Waals surface area contributed by atoms with E-state index in [0.29, 0.717) is 25.5 Å². The Bertz CT molecular complexity index is 955. The van der Waals surface area contributed by atoms with Crippen LogP contribution in [0.1, 0.15) is 12.5 Å². The van der Waals surface area contributed by atoms with E-state index in [2.05, 4.69) is 10.3 Å². The number of hydrogen-bond acceptors (Lipinski definition) is 5. The molecule has 160 valence electrons. The lowest BCUT2D eigenvalue weighted by Gasteiger charge is -2.40. The highest BCUT2D eigenvalue weighted by Gasteiger charge is 2.31. The van der Waals surface area contributed by atoms with Gasteiger partial charge in [0.25, 0.3) is 5.69 Å². The van der Waals surface area contributed by atoms with Gasteiger partial charge in [-0.1, -0.05) is 11.6 Å². The SMILES string of the molecule is C[C@@H]1CN(c2ncc([N+](=O)[O-])cc2Cl)CCN1C(=O)Nc1ccc(C(F)(F)F)cc1. The number of carbonyl (C=O) groups excluding carboxylic acids is 1. The van der Waals surface area contributed by atoms with Crippen molar-refractivity contribution >= 4 is 34.8 Å². The first-order valence-electron chi connectivity index (χ1n) is 8.86. The zero-order chi connectivity index (χ0) is 22.1. The fourth-order valence-electron chi connectivity index (χ4n) is 3.14. The van der Waals surface area contributed by atoms with Gasteiger partial charge in [0.1, 0.15) is 12.0 Å². The third kappa shape index (κ3) is 4.73. The third-order valence-corrected chi connectivity index (χ3v) is 4.95. The van der Waals surface area contributed by atoms with Crippen molar-refractivity contribution in [3.05, 3.63) is 57.2 Å². The second-order valence-corrected chi connectivity index (χ2v) is 7.16. The van der Waals surface area contributed by atoms with Crippen molar-refractivity contribution in [2.75, 3.05) is 29.9 Å². The average molecular weight is 444 g/mol. The summed E-state index contributed by atoms with van der Waals surface area (Å²) >= 11 is 6.12. The molecule has 1 aliphatic rings. The molecule has 2 heterocycles. The number of aromatic nitrogens is 1. The Morgan fingerprint density at radius 3 is 2.50 bits per heavy atom. The fraction of sp³-hybridized carbons (Fsp3) is 0.333. The molecule has 3 rings (SSSR count). The van der Waals surface area contributed by atoms with E-state index in [0.717, 1.165) is 18.3 Å². The molecule has 1 aliphatic heterocycles. The van der Waals surface area contributed by atoms with Gasteiger partial charge in [0.2, 0.25) is 0 Å². The Balaban J connectivity index is 1.64. The maximum Gasteiger partial charge on any atom is 0.416 e. The van der Waals surface area contributed by atoms with Gasteiger partial charge >= 0.3 is 12.2 Å². The van der Waals surface area contributed by atoms with Gasteiger partial charge < -0.3 is 15.1 Å². The lowest BCUT2D eigenvalue weighted by molar-refractivity contribution is -0.385. The molecule has 12 heteroatoms. The molecule has 8 nitrogen and oxygen atoms in total. The van der Waals surface area contributed by atoms with Crippen LogP contribution in [-0.2, 0) is 6.18 Å². The van der Waals surface area contributed by atoms with Crippen molar-refractivity contribution in [1.82, 2.24) is 9.88 Å². The molecule has 2 aromatic rings. The van der Waals surface area contributed by atoms with Crippen LogP contribution in [0.5, 0.6) is 0 Å². The highest BCUT2D eigenvalue weighted by atomic mass is 35.5. The van der Waals surface area contributed by atoms with Crippen LogP contribution >= 0.6 is 11.6 Å². The molecular weight excluding hydrogens is 427 g/mol. The van der Waals surface area contributed by atoms with Crippen molar-refractivity contribution in [1.29, 1.82) is 0 Å². The van der Waals surface area contributed by atoms with Gasteiger partial charge in [-0.2, -0.15) is 13.2 Å². The maximum atomic E-state index is 12.6. The minimum absolute atomic E-state index is 0.138. The maximum absolute atomic E-state index is 12.6. The number of carbonyl (C=O) groups is 1. The summed E-state index contributed by atoms with van der Waals surface area (Å²) < 4.78 is 37.9. The molecule has 1 fully saturated rings. The summed E-state index contributed by atoms with van der Waals surface area (Å²) in [6, 6.07) is 4.71. The summed E-state index contributed by atoms with van der Waals surface area (Å²) in [6.07, 6.45) is -3.32. The van der Waals surface area contributed by atoms with Gasteiger partial charge in [-0.05, 0) is 31.2 Å². The molecule has 0 saturated carbocycles. The van der Waals surface area contributed by atoms with Gasteiger partial charge in [0.15, 0.2) is 0 Å². The molecule has 30 heavy (non-hydrogen) atoms. The zero-order valence-electron chi connectivity index (χ0n) is 15.7. The number of rotatable bonds is 3. The lowest BCUT2D eigenvalue weighted by Crippen LogP contribution is -2.55. The van der Waals surface area contributed by atoms with Crippen LogP contribution in [0.2, 0.25) is 5.02 Å². The molecule has 1 aromatic heterocycles. The first-order valence-corrected chi connectivity index (χ1v) is 9.24. The predicted octanol–water partition coefficient (Wildman–Crippen LogP) is 4.40. The van der Waals surface area contributed by atoms with Crippen LogP contribution in [0, 0.1) is 10.1 Å².